The summed E-state index contributed by atoms with van der Waals surface area (Å²) >= 11 is 0. The molecule has 0 aliphatic carbocycles. The van der Waals surface area contributed by atoms with Crippen LogP contribution in [0.4, 0.5) is 4.39 Å². The minimum Gasteiger partial charge on any atom is -0.493 e. The quantitative estimate of drug-likeness (QED) is 0.670. The fourth-order valence-corrected chi connectivity index (χ4v) is 2.20. The van der Waals surface area contributed by atoms with E-state index in [2.05, 4.69) is 5.32 Å². The molecule has 3 N–H and O–H groups in total. The number of hydrogen-bond donors (Lipinski definition) is 3. The maximum atomic E-state index is 13.6. The molecule has 138 valence electrons. The molecule has 0 unspecified atom stereocenters. The summed E-state index contributed by atoms with van der Waals surface area (Å²) in [5, 5.41) is 18.9. The molecular formula is C17H22FNO6. The Morgan fingerprint density at radius 1 is 1.32 bits per heavy atom. The Morgan fingerprint density at radius 3 is 2.52 bits per heavy atom. The highest BCUT2D eigenvalue weighted by Gasteiger charge is 2.16. The van der Waals surface area contributed by atoms with Crippen LogP contribution in [-0.4, -0.2) is 49.0 Å². The van der Waals surface area contributed by atoms with Gasteiger partial charge in [0.05, 0.1) is 13.7 Å². The first-order valence-corrected chi connectivity index (χ1v) is 7.74. The van der Waals surface area contributed by atoms with Crippen molar-refractivity contribution in [2.24, 2.45) is 5.92 Å². The van der Waals surface area contributed by atoms with Crippen molar-refractivity contribution in [1.82, 2.24) is 5.32 Å². The van der Waals surface area contributed by atoms with E-state index in [-0.39, 0.29) is 11.6 Å². The number of nitrogens with one attached hydrogen (secondary N) is 1. The van der Waals surface area contributed by atoms with Gasteiger partial charge in [0, 0.05) is 24.6 Å². The first kappa shape index (κ1) is 20.4. The van der Waals surface area contributed by atoms with E-state index in [0.29, 0.717) is 30.4 Å². The third kappa shape index (κ3) is 8.16. The number of piperidine rings is 1. The Morgan fingerprint density at radius 2 is 2.00 bits per heavy atom. The Bertz CT molecular complexity index is 583. The molecule has 25 heavy (non-hydrogen) atoms. The van der Waals surface area contributed by atoms with E-state index < -0.39 is 11.9 Å². The van der Waals surface area contributed by atoms with Gasteiger partial charge in [-0.15, -0.1) is 0 Å². The van der Waals surface area contributed by atoms with E-state index in [4.69, 9.17) is 19.7 Å². The van der Waals surface area contributed by atoms with Gasteiger partial charge in [-0.1, -0.05) is 6.07 Å². The highest BCUT2D eigenvalue weighted by Crippen LogP contribution is 2.30. The zero-order valence-electron chi connectivity index (χ0n) is 13.9. The van der Waals surface area contributed by atoms with Crippen LogP contribution in [0.2, 0.25) is 0 Å². The second kappa shape index (κ2) is 11.0. The van der Waals surface area contributed by atoms with E-state index in [9.17, 15) is 14.0 Å². The Hall–Kier alpha value is -2.61. The number of carbonyl (C=O) groups is 2. The average Bonchev–Trinajstić information content (AvgIpc) is 2.60. The second-order valence-electron chi connectivity index (χ2n) is 5.30. The topological polar surface area (TPSA) is 105 Å². The Balaban J connectivity index is 0.000000333. The first-order chi connectivity index (χ1) is 11.9. The number of para-hydroxylation sites is 1. The number of carboxylic acids is 2. The van der Waals surface area contributed by atoms with Crippen molar-refractivity contribution in [2.45, 2.75) is 12.8 Å². The molecule has 1 fully saturated rings. The fourth-order valence-electron chi connectivity index (χ4n) is 2.20. The van der Waals surface area contributed by atoms with Crippen LogP contribution in [0.1, 0.15) is 12.8 Å². The van der Waals surface area contributed by atoms with Gasteiger partial charge in [-0.25, -0.2) is 14.0 Å². The summed E-state index contributed by atoms with van der Waals surface area (Å²) in [6.45, 7) is 2.54. The van der Waals surface area contributed by atoms with Crippen molar-refractivity contribution in [3.63, 3.8) is 0 Å². The van der Waals surface area contributed by atoms with Crippen LogP contribution in [0.15, 0.2) is 30.4 Å². The van der Waals surface area contributed by atoms with Gasteiger partial charge in [0.1, 0.15) is 0 Å². The van der Waals surface area contributed by atoms with Gasteiger partial charge < -0.3 is 25.0 Å². The summed E-state index contributed by atoms with van der Waals surface area (Å²) in [5.74, 6) is -1.75. The van der Waals surface area contributed by atoms with Crippen molar-refractivity contribution < 1.29 is 33.7 Å². The summed E-state index contributed by atoms with van der Waals surface area (Å²) in [5.41, 5.74) is 0. The van der Waals surface area contributed by atoms with Gasteiger partial charge in [-0.2, -0.15) is 0 Å². The number of rotatable bonds is 6. The highest BCUT2D eigenvalue weighted by molar-refractivity contribution is 5.89. The number of methoxy groups -OCH3 is 1. The molecule has 1 aromatic rings. The summed E-state index contributed by atoms with van der Waals surface area (Å²) in [6, 6.07) is 4.71. The number of ether oxygens (including phenoxy) is 2. The molecule has 0 spiro atoms. The molecule has 0 saturated carbocycles. The van der Waals surface area contributed by atoms with E-state index in [1.807, 2.05) is 0 Å². The van der Waals surface area contributed by atoms with Gasteiger partial charge in [-0.05, 0) is 31.5 Å². The van der Waals surface area contributed by atoms with Gasteiger partial charge in [0.2, 0.25) is 0 Å². The van der Waals surface area contributed by atoms with Crippen LogP contribution < -0.4 is 14.8 Å². The summed E-state index contributed by atoms with van der Waals surface area (Å²) < 4.78 is 24.2. The highest BCUT2D eigenvalue weighted by atomic mass is 19.1. The minimum absolute atomic E-state index is 0.223. The SMILES string of the molecule is COc1cccc(F)c1OC[C@H]1CCCNC1.O=C(O)/C=C/C(=O)O. The maximum absolute atomic E-state index is 13.6. The average molecular weight is 355 g/mol. The largest absolute Gasteiger partial charge is 0.493 e. The molecule has 0 bridgehead atoms. The molecule has 0 amide bonds. The molecule has 8 heteroatoms. The molecule has 1 aliphatic rings. The molecule has 7 nitrogen and oxygen atoms in total. The van der Waals surface area contributed by atoms with Gasteiger partial charge >= 0.3 is 11.9 Å². The molecule has 0 aromatic heterocycles. The lowest BCUT2D eigenvalue weighted by Crippen LogP contribution is -2.33. The smallest absolute Gasteiger partial charge is 0.328 e. The second-order valence-corrected chi connectivity index (χ2v) is 5.30. The molecule has 1 aliphatic heterocycles. The predicted molar refractivity (Wildman–Crippen MR) is 88.5 cm³/mol. The van der Waals surface area contributed by atoms with Crippen LogP contribution in [0.5, 0.6) is 11.5 Å². The lowest BCUT2D eigenvalue weighted by molar-refractivity contribution is -0.134. The molecule has 0 radical (unpaired) electrons. The van der Waals surface area contributed by atoms with E-state index in [1.165, 1.54) is 13.2 Å². The van der Waals surface area contributed by atoms with Crippen LogP contribution >= 0.6 is 0 Å². The molecular weight excluding hydrogens is 333 g/mol. The van der Waals surface area contributed by atoms with E-state index in [0.717, 1.165) is 25.9 Å². The predicted octanol–water partition coefficient (Wildman–Crippen LogP) is 1.92. The van der Waals surface area contributed by atoms with Crippen molar-refractivity contribution in [2.75, 3.05) is 26.8 Å². The Labute approximate surface area is 145 Å². The number of aliphatic carboxylic acids is 2. The lowest BCUT2D eigenvalue weighted by atomic mass is 10.0. The summed E-state index contributed by atoms with van der Waals surface area (Å²) in [6.07, 6.45) is 3.40. The lowest BCUT2D eigenvalue weighted by Gasteiger charge is -2.23. The number of hydrogen-bond acceptors (Lipinski definition) is 5. The monoisotopic (exact) mass is 355 g/mol. The van der Waals surface area contributed by atoms with Gasteiger partial charge in [0.25, 0.3) is 0 Å². The van der Waals surface area contributed by atoms with E-state index >= 15 is 0 Å². The zero-order chi connectivity index (χ0) is 18.7. The van der Waals surface area contributed by atoms with Crippen LogP contribution in [0, 0.1) is 11.7 Å². The third-order valence-electron chi connectivity index (χ3n) is 3.38. The van der Waals surface area contributed by atoms with E-state index in [1.54, 1.807) is 12.1 Å². The van der Waals surface area contributed by atoms with Crippen LogP contribution in [0.25, 0.3) is 0 Å². The normalized spacial score (nSPS) is 16.6. The first-order valence-electron chi connectivity index (χ1n) is 7.74. The molecule has 1 saturated heterocycles. The molecule has 1 heterocycles. The number of carboxylic acid groups (broad SMARTS) is 2. The Kier molecular flexibility index (Phi) is 9.02. The number of benzene rings is 1. The van der Waals surface area contributed by atoms with Crippen LogP contribution in [-0.2, 0) is 9.59 Å². The van der Waals surface area contributed by atoms with Gasteiger partial charge in [-0.3, -0.25) is 0 Å². The standard InChI is InChI=1S/C13H18FNO2.C4H4O4/c1-16-12-6-2-5-11(14)13(12)17-9-10-4-3-7-15-8-10;5-3(6)1-2-4(7)8/h2,5-6,10,15H,3-4,7-9H2,1H3;1-2H,(H,5,6)(H,7,8)/b;2-1+/t10-;/m0./s1. The zero-order valence-corrected chi connectivity index (χ0v) is 13.9. The molecule has 1 atom stereocenters. The minimum atomic E-state index is -1.26. The fraction of sp³-hybridized carbons (Fsp3) is 0.412. The summed E-state index contributed by atoms with van der Waals surface area (Å²) in [4.78, 5) is 19.1. The number of halogens is 1. The third-order valence-corrected chi connectivity index (χ3v) is 3.38. The van der Waals surface area contributed by atoms with Crippen molar-refractivity contribution in [3.8, 4) is 11.5 Å². The van der Waals surface area contributed by atoms with Crippen LogP contribution in [0.3, 0.4) is 0 Å². The van der Waals surface area contributed by atoms with Crippen molar-refractivity contribution >= 4 is 11.9 Å². The van der Waals surface area contributed by atoms with Gasteiger partial charge in [0.15, 0.2) is 17.3 Å². The molecule has 1 aromatic carbocycles. The van der Waals surface area contributed by atoms with Crippen molar-refractivity contribution in [3.05, 3.63) is 36.2 Å². The summed E-state index contributed by atoms with van der Waals surface area (Å²) in [7, 11) is 1.52. The maximum Gasteiger partial charge on any atom is 0.328 e. The molecule has 2 rings (SSSR count). The van der Waals surface area contributed by atoms with Crippen molar-refractivity contribution in [1.29, 1.82) is 0 Å².